The summed E-state index contributed by atoms with van der Waals surface area (Å²) in [5, 5.41) is 0. The quantitative estimate of drug-likeness (QED) is 0.429. The number of carbonyl (C=O) groups excluding carboxylic acids is 1. The van der Waals surface area contributed by atoms with Crippen molar-refractivity contribution in [2.24, 2.45) is 4.99 Å². The van der Waals surface area contributed by atoms with Crippen LogP contribution >= 0.6 is 11.3 Å². The molecule has 1 aromatic heterocycles. The van der Waals surface area contributed by atoms with Gasteiger partial charge in [0.15, 0.2) is 4.80 Å². The number of rotatable bonds is 8. The van der Waals surface area contributed by atoms with Crippen LogP contribution in [-0.2, 0) is 27.8 Å². The van der Waals surface area contributed by atoms with Crippen LogP contribution in [0.5, 0.6) is 5.75 Å². The maximum absolute atomic E-state index is 13.3. The molecule has 2 aromatic carbocycles. The second-order valence-electron chi connectivity index (χ2n) is 8.48. The lowest BCUT2D eigenvalue weighted by molar-refractivity contribution is -0.121. The van der Waals surface area contributed by atoms with E-state index in [2.05, 4.69) is 30.0 Å². The lowest BCUT2D eigenvalue weighted by Crippen LogP contribution is -2.40. The van der Waals surface area contributed by atoms with Crippen LogP contribution in [0.1, 0.15) is 38.2 Å². The third-order valence-corrected chi connectivity index (χ3v) is 9.14. The molecule has 4 rings (SSSR count). The number of nitrogens with zero attached hydrogens (tertiary/aromatic N) is 3. The Morgan fingerprint density at radius 1 is 1.26 bits per heavy atom. The number of methoxy groups -OCH3 is 1. The van der Waals surface area contributed by atoms with Crippen molar-refractivity contribution < 1.29 is 17.9 Å². The van der Waals surface area contributed by atoms with E-state index in [1.165, 1.54) is 40.4 Å². The van der Waals surface area contributed by atoms with E-state index >= 15 is 0 Å². The largest absolute Gasteiger partial charge is 0.497 e. The number of carbonyl (C=O) groups is 1. The standard InChI is InChI=1S/C26H29N3O4S2/c1-4-6-8-19-10-15-22-24(18-19)34-26(28(22)16-5-2)27-25(30)23-9-7-17-29(23)35(31,32)21-13-11-20(33-3)12-14-21/h2,10-15,18,23H,4,6-9,16-17H2,1,3H3. The number of benzene rings is 2. The maximum Gasteiger partial charge on any atom is 0.266 e. The first-order valence-corrected chi connectivity index (χ1v) is 13.9. The highest BCUT2D eigenvalue weighted by Gasteiger charge is 2.39. The van der Waals surface area contributed by atoms with Gasteiger partial charge < -0.3 is 9.30 Å². The van der Waals surface area contributed by atoms with Crippen LogP contribution in [0.25, 0.3) is 10.2 Å². The van der Waals surface area contributed by atoms with E-state index in [1.807, 2.05) is 10.6 Å². The molecular formula is C26H29N3O4S2. The highest BCUT2D eigenvalue weighted by atomic mass is 32.2. The van der Waals surface area contributed by atoms with Crippen molar-refractivity contribution in [3.8, 4) is 18.1 Å². The van der Waals surface area contributed by atoms with E-state index < -0.39 is 22.0 Å². The van der Waals surface area contributed by atoms with Crippen LogP contribution < -0.4 is 9.54 Å². The summed E-state index contributed by atoms with van der Waals surface area (Å²) in [6.45, 7) is 2.71. The van der Waals surface area contributed by atoms with Gasteiger partial charge in [0.25, 0.3) is 5.91 Å². The number of unbranched alkanes of at least 4 members (excludes halogenated alkanes) is 1. The summed E-state index contributed by atoms with van der Waals surface area (Å²) in [6, 6.07) is 11.6. The predicted octanol–water partition coefficient (Wildman–Crippen LogP) is 3.97. The molecule has 9 heteroatoms. The Morgan fingerprint density at radius 2 is 2.03 bits per heavy atom. The van der Waals surface area contributed by atoms with Gasteiger partial charge in [0.05, 0.1) is 28.8 Å². The Labute approximate surface area is 210 Å². The van der Waals surface area contributed by atoms with Crippen molar-refractivity contribution in [2.75, 3.05) is 13.7 Å². The number of terminal acetylenes is 1. The molecule has 0 bridgehead atoms. The molecule has 0 spiro atoms. The summed E-state index contributed by atoms with van der Waals surface area (Å²) >= 11 is 1.41. The first-order valence-electron chi connectivity index (χ1n) is 11.7. The fraction of sp³-hybridized carbons (Fsp3) is 0.385. The van der Waals surface area contributed by atoms with Gasteiger partial charge in [-0.3, -0.25) is 4.79 Å². The summed E-state index contributed by atoms with van der Waals surface area (Å²) in [5.74, 6) is 2.73. The van der Waals surface area contributed by atoms with Crippen LogP contribution in [0.4, 0.5) is 0 Å². The molecule has 7 nitrogen and oxygen atoms in total. The molecule has 1 unspecified atom stereocenters. The van der Waals surface area contributed by atoms with Crippen molar-refractivity contribution in [2.45, 2.75) is 56.5 Å². The zero-order chi connectivity index (χ0) is 25.0. The molecule has 1 fully saturated rings. The molecule has 1 saturated heterocycles. The minimum atomic E-state index is -3.85. The SMILES string of the molecule is C#CCn1c(=NC(=O)C2CCCN2S(=O)(=O)c2ccc(OC)cc2)sc2cc(CCCC)ccc21. The molecule has 3 aromatic rings. The average Bonchev–Trinajstić information content (AvgIpc) is 3.49. The Hall–Kier alpha value is -2.93. The molecule has 0 N–H and O–H groups in total. The van der Waals surface area contributed by atoms with Crippen molar-refractivity contribution in [3.05, 3.63) is 52.8 Å². The van der Waals surface area contributed by atoms with E-state index in [0.29, 0.717) is 23.4 Å². The Morgan fingerprint density at radius 3 is 2.71 bits per heavy atom. The summed E-state index contributed by atoms with van der Waals surface area (Å²) < 4.78 is 35.8. The van der Waals surface area contributed by atoms with E-state index in [-0.39, 0.29) is 18.0 Å². The monoisotopic (exact) mass is 511 g/mol. The Bertz CT molecular complexity index is 1430. The number of amides is 1. The minimum absolute atomic E-state index is 0.127. The topological polar surface area (TPSA) is 81.0 Å². The molecule has 1 aliphatic heterocycles. The third kappa shape index (κ3) is 5.20. The summed E-state index contributed by atoms with van der Waals surface area (Å²) in [6.07, 6.45) is 9.85. The smallest absolute Gasteiger partial charge is 0.266 e. The zero-order valence-corrected chi connectivity index (χ0v) is 21.6. The van der Waals surface area contributed by atoms with Gasteiger partial charge in [-0.15, -0.1) is 6.42 Å². The van der Waals surface area contributed by atoms with E-state index in [0.717, 1.165) is 29.5 Å². The third-order valence-electron chi connectivity index (χ3n) is 6.18. The van der Waals surface area contributed by atoms with Crippen LogP contribution in [0.15, 0.2) is 52.4 Å². The van der Waals surface area contributed by atoms with Gasteiger partial charge >= 0.3 is 0 Å². The van der Waals surface area contributed by atoms with Crippen LogP contribution in [0.3, 0.4) is 0 Å². The van der Waals surface area contributed by atoms with E-state index in [1.54, 1.807) is 12.1 Å². The number of aromatic nitrogens is 1. The summed E-state index contributed by atoms with van der Waals surface area (Å²) in [5.41, 5.74) is 2.16. The van der Waals surface area contributed by atoms with Gasteiger partial charge in [0.2, 0.25) is 10.0 Å². The fourth-order valence-corrected chi connectivity index (χ4v) is 7.06. The predicted molar refractivity (Wildman–Crippen MR) is 138 cm³/mol. The summed E-state index contributed by atoms with van der Waals surface area (Å²) in [4.78, 5) is 18.3. The van der Waals surface area contributed by atoms with Gasteiger partial charge in [0.1, 0.15) is 11.8 Å². The molecule has 1 aliphatic rings. The molecular weight excluding hydrogens is 482 g/mol. The van der Waals surface area contributed by atoms with Gasteiger partial charge in [-0.1, -0.05) is 36.7 Å². The number of aryl methyl sites for hydroxylation is 1. The average molecular weight is 512 g/mol. The second kappa shape index (κ2) is 10.8. The number of fused-ring (bicyclic) bond motifs is 1. The van der Waals surface area contributed by atoms with Crippen molar-refractivity contribution in [1.29, 1.82) is 0 Å². The molecule has 2 heterocycles. The molecule has 35 heavy (non-hydrogen) atoms. The van der Waals surface area contributed by atoms with Crippen molar-refractivity contribution in [1.82, 2.24) is 8.87 Å². The number of hydrogen-bond donors (Lipinski definition) is 0. The lowest BCUT2D eigenvalue weighted by Gasteiger charge is -2.21. The molecule has 184 valence electrons. The van der Waals surface area contributed by atoms with E-state index in [4.69, 9.17) is 11.2 Å². The van der Waals surface area contributed by atoms with Crippen LogP contribution in [-0.4, -0.2) is 42.9 Å². The molecule has 1 atom stereocenters. The fourth-order valence-electron chi connectivity index (χ4n) is 4.31. The molecule has 0 radical (unpaired) electrons. The minimum Gasteiger partial charge on any atom is -0.497 e. The second-order valence-corrected chi connectivity index (χ2v) is 11.4. The van der Waals surface area contributed by atoms with Gasteiger partial charge in [-0.05, 0) is 67.6 Å². The summed E-state index contributed by atoms with van der Waals surface area (Å²) in [7, 11) is -2.33. The van der Waals surface area contributed by atoms with Gasteiger partial charge in [0, 0.05) is 6.54 Å². The molecule has 0 saturated carbocycles. The van der Waals surface area contributed by atoms with Crippen molar-refractivity contribution >= 4 is 37.5 Å². The highest BCUT2D eigenvalue weighted by Crippen LogP contribution is 2.28. The van der Waals surface area contributed by atoms with Gasteiger partial charge in [-0.25, -0.2) is 8.42 Å². The normalized spacial score (nSPS) is 17.1. The number of sulfonamides is 1. The van der Waals surface area contributed by atoms with Crippen LogP contribution in [0.2, 0.25) is 0 Å². The number of ether oxygens (including phenoxy) is 1. The lowest BCUT2D eigenvalue weighted by atomic mass is 10.1. The number of hydrogen-bond acceptors (Lipinski definition) is 5. The Balaban J connectivity index is 1.68. The first-order chi connectivity index (χ1) is 16.9. The van der Waals surface area contributed by atoms with Gasteiger partial charge in [-0.2, -0.15) is 9.30 Å². The first kappa shape index (κ1) is 25.2. The maximum atomic E-state index is 13.3. The Kier molecular flexibility index (Phi) is 7.75. The molecule has 1 amide bonds. The molecule has 0 aliphatic carbocycles. The van der Waals surface area contributed by atoms with E-state index in [9.17, 15) is 13.2 Å². The van der Waals surface area contributed by atoms with Crippen LogP contribution in [0, 0.1) is 12.3 Å². The van der Waals surface area contributed by atoms with Crippen molar-refractivity contribution in [3.63, 3.8) is 0 Å². The number of thiazole rings is 1. The highest BCUT2D eigenvalue weighted by molar-refractivity contribution is 7.89. The zero-order valence-electron chi connectivity index (χ0n) is 19.9.